The Balaban J connectivity index is 1.33. The lowest BCUT2D eigenvalue weighted by Gasteiger charge is -2.47. The molecule has 2 aromatic heterocycles. The van der Waals surface area contributed by atoms with Gasteiger partial charge in [-0.15, -0.1) is 5.10 Å². The van der Waals surface area contributed by atoms with Gasteiger partial charge in [-0.05, 0) is 74.7 Å². The fraction of sp³-hybridized carbons (Fsp3) is 0.542. The largest absolute Gasteiger partial charge is 0.489 e. The van der Waals surface area contributed by atoms with Gasteiger partial charge in [0.1, 0.15) is 30.5 Å². The van der Waals surface area contributed by atoms with Crippen molar-refractivity contribution < 1.29 is 19.3 Å². The number of fused-ring (bicyclic) bond motifs is 1. The highest BCUT2D eigenvalue weighted by molar-refractivity contribution is 5.62. The number of hydrogen-bond donors (Lipinski definition) is 4. The molecule has 13 heteroatoms. The van der Waals surface area contributed by atoms with Crippen LogP contribution in [0.4, 0.5) is 21.8 Å². The van der Waals surface area contributed by atoms with E-state index in [0.717, 1.165) is 25.6 Å². The minimum absolute atomic E-state index is 0.0469. The van der Waals surface area contributed by atoms with E-state index in [1.165, 1.54) is 23.9 Å². The quantitative estimate of drug-likeness (QED) is 0.333. The number of benzene rings is 1. The van der Waals surface area contributed by atoms with Gasteiger partial charge in [-0.2, -0.15) is 9.67 Å². The van der Waals surface area contributed by atoms with Crippen molar-refractivity contribution >= 4 is 17.5 Å². The zero-order chi connectivity index (χ0) is 26.0. The van der Waals surface area contributed by atoms with E-state index < -0.39 is 18.5 Å². The highest BCUT2D eigenvalue weighted by Crippen LogP contribution is 2.38. The number of aromatic nitrogens is 6. The first kappa shape index (κ1) is 25.2. The SMILES string of the molecule is CC1(C)CC(Nc2nc(Nc3ccc(OCC(O)CO)c(-n4cnnn4)c3)ncc2F)CC2CCCN21. The van der Waals surface area contributed by atoms with Crippen LogP contribution in [0.2, 0.25) is 0 Å². The number of halogens is 1. The molecule has 0 saturated carbocycles. The van der Waals surface area contributed by atoms with Crippen molar-refractivity contribution in [1.82, 2.24) is 35.1 Å². The molecule has 2 fully saturated rings. The first-order valence-corrected chi connectivity index (χ1v) is 12.4. The van der Waals surface area contributed by atoms with Crippen LogP contribution in [-0.4, -0.2) is 88.8 Å². The Morgan fingerprint density at radius 2 is 2.19 bits per heavy atom. The van der Waals surface area contributed by atoms with Gasteiger partial charge in [0, 0.05) is 23.3 Å². The molecule has 1 aromatic carbocycles. The molecule has 0 spiro atoms. The average Bonchev–Trinajstić information content (AvgIpc) is 3.57. The molecule has 4 N–H and O–H groups in total. The minimum atomic E-state index is -1.02. The number of hydrogen-bond acceptors (Lipinski definition) is 11. The second kappa shape index (κ2) is 10.5. The van der Waals surface area contributed by atoms with Crippen LogP contribution < -0.4 is 15.4 Å². The van der Waals surface area contributed by atoms with Crippen molar-refractivity contribution in [3.63, 3.8) is 0 Å². The molecule has 0 radical (unpaired) electrons. The lowest BCUT2D eigenvalue weighted by atomic mass is 9.84. The second-order valence-corrected chi connectivity index (χ2v) is 10.2. The number of anilines is 3. The summed E-state index contributed by atoms with van der Waals surface area (Å²) in [6.07, 6.45) is 5.77. The lowest BCUT2D eigenvalue weighted by Crippen LogP contribution is -2.55. The first-order valence-electron chi connectivity index (χ1n) is 12.4. The Bertz CT molecular complexity index is 1210. The summed E-state index contributed by atoms with van der Waals surface area (Å²) >= 11 is 0. The molecule has 3 atom stereocenters. The molecule has 2 saturated heterocycles. The van der Waals surface area contributed by atoms with Crippen LogP contribution in [0.15, 0.2) is 30.7 Å². The summed E-state index contributed by atoms with van der Waals surface area (Å²) in [4.78, 5) is 11.1. The molecule has 198 valence electrons. The van der Waals surface area contributed by atoms with Gasteiger partial charge in [-0.3, -0.25) is 4.90 Å². The summed E-state index contributed by atoms with van der Waals surface area (Å²) in [6.45, 7) is 5.10. The van der Waals surface area contributed by atoms with E-state index in [-0.39, 0.29) is 30.0 Å². The van der Waals surface area contributed by atoms with Gasteiger partial charge in [0.15, 0.2) is 11.6 Å². The van der Waals surface area contributed by atoms with Gasteiger partial charge in [0.25, 0.3) is 0 Å². The lowest BCUT2D eigenvalue weighted by molar-refractivity contribution is 0.0500. The van der Waals surface area contributed by atoms with Crippen LogP contribution in [0.3, 0.4) is 0 Å². The molecule has 4 heterocycles. The van der Waals surface area contributed by atoms with E-state index in [2.05, 4.69) is 54.9 Å². The van der Waals surface area contributed by atoms with Gasteiger partial charge in [0.05, 0.1) is 12.8 Å². The smallest absolute Gasteiger partial charge is 0.229 e. The molecular formula is C24H32FN9O3. The summed E-state index contributed by atoms with van der Waals surface area (Å²) in [6, 6.07) is 5.74. The fourth-order valence-electron chi connectivity index (χ4n) is 5.38. The molecule has 37 heavy (non-hydrogen) atoms. The van der Waals surface area contributed by atoms with Gasteiger partial charge in [0.2, 0.25) is 5.95 Å². The number of aliphatic hydroxyl groups excluding tert-OH is 2. The molecule has 0 bridgehead atoms. The van der Waals surface area contributed by atoms with Crippen LogP contribution in [0.1, 0.15) is 39.5 Å². The molecular weight excluding hydrogens is 481 g/mol. The van der Waals surface area contributed by atoms with Crippen molar-refractivity contribution in [1.29, 1.82) is 0 Å². The molecule has 3 aromatic rings. The van der Waals surface area contributed by atoms with Crippen molar-refractivity contribution in [2.75, 3.05) is 30.4 Å². The van der Waals surface area contributed by atoms with Crippen molar-refractivity contribution in [3.8, 4) is 11.4 Å². The summed E-state index contributed by atoms with van der Waals surface area (Å²) in [5.74, 6) is 0.295. The Morgan fingerprint density at radius 1 is 1.32 bits per heavy atom. The van der Waals surface area contributed by atoms with Crippen molar-refractivity contribution in [2.45, 2.75) is 63.3 Å². The maximum atomic E-state index is 14.7. The highest BCUT2D eigenvalue weighted by Gasteiger charge is 2.43. The summed E-state index contributed by atoms with van der Waals surface area (Å²) in [7, 11) is 0. The van der Waals surface area contributed by atoms with Crippen LogP contribution in [0.5, 0.6) is 5.75 Å². The third-order valence-electron chi connectivity index (χ3n) is 7.00. The van der Waals surface area contributed by atoms with E-state index in [1.54, 1.807) is 18.2 Å². The molecule has 5 rings (SSSR count). The number of nitrogens with zero attached hydrogens (tertiary/aromatic N) is 7. The van der Waals surface area contributed by atoms with Crippen molar-refractivity contribution in [3.05, 3.63) is 36.5 Å². The number of nitrogens with one attached hydrogen (secondary N) is 2. The number of rotatable bonds is 9. The summed E-state index contributed by atoms with van der Waals surface area (Å²) in [5.41, 5.74) is 1.13. The van der Waals surface area contributed by atoms with Crippen LogP contribution in [0, 0.1) is 5.82 Å². The summed E-state index contributed by atoms with van der Waals surface area (Å²) < 4.78 is 21.7. The summed E-state index contributed by atoms with van der Waals surface area (Å²) in [5, 5.41) is 36.4. The Morgan fingerprint density at radius 3 is 2.97 bits per heavy atom. The standard InChI is InChI=1S/C24H32FN9O3/c1-24(2)10-16(8-17-4-3-7-33(17)24)28-22-19(25)11-26-23(30-22)29-15-5-6-21(37-13-18(36)12-35)20(9-15)34-14-27-31-32-34/h5-6,9,11,14,16-18,35-36H,3-4,7-8,10,12-13H2,1-2H3,(H2,26,28,29,30). The predicted molar refractivity (Wildman–Crippen MR) is 133 cm³/mol. The van der Waals surface area contributed by atoms with Crippen LogP contribution >= 0.6 is 0 Å². The number of ether oxygens (including phenoxy) is 1. The molecule has 12 nitrogen and oxygen atoms in total. The number of aliphatic hydroxyl groups is 2. The Kier molecular flexibility index (Phi) is 7.17. The second-order valence-electron chi connectivity index (χ2n) is 10.2. The van der Waals surface area contributed by atoms with E-state index in [1.807, 2.05) is 0 Å². The maximum absolute atomic E-state index is 14.7. The highest BCUT2D eigenvalue weighted by atomic mass is 19.1. The normalized spacial score (nSPS) is 21.9. The monoisotopic (exact) mass is 513 g/mol. The molecule has 2 aliphatic rings. The van der Waals surface area contributed by atoms with E-state index in [9.17, 15) is 9.50 Å². The predicted octanol–water partition coefficient (Wildman–Crippen LogP) is 1.88. The topological polar surface area (TPSA) is 146 Å². The van der Waals surface area contributed by atoms with Crippen LogP contribution in [0.25, 0.3) is 5.69 Å². The van der Waals surface area contributed by atoms with Crippen molar-refractivity contribution in [2.24, 2.45) is 0 Å². The van der Waals surface area contributed by atoms with E-state index >= 15 is 0 Å². The van der Waals surface area contributed by atoms with Gasteiger partial charge in [-0.1, -0.05) is 0 Å². The zero-order valence-electron chi connectivity index (χ0n) is 20.9. The Hall–Kier alpha value is -3.42. The van der Waals surface area contributed by atoms with Crippen LogP contribution in [-0.2, 0) is 0 Å². The minimum Gasteiger partial charge on any atom is -0.489 e. The van der Waals surface area contributed by atoms with Gasteiger partial charge >= 0.3 is 0 Å². The number of piperidine rings is 1. The first-order chi connectivity index (χ1) is 17.8. The third kappa shape index (κ3) is 5.63. The van der Waals surface area contributed by atoms with Gasteiger partial charge < -0.3 is 25.6 Å². The van der Waals surface area contributed by atoms with Gasteiger partial charge in [-0.25, -0.2) is 9.37 Å². The van der Waals surface area contributed by atoms with E-state index in [4.69, 9.17) is 9.84 Å². The zero-order valence-corrected chi connectivity index (χ0v) is 20.9. The maximum Gasteiger partial charge on any atom is 0.229 e. The fourth-order valence-corrected chi connectivity index (χ4v) is 5.38. The molecule has 0 amide bonds. The number of tetrazole rings is 1. The third-order valence-corrected chi connectivity index (χ3v) is 7.00. The molecule has 2 aliphatic heterocycles. The molecule has 3 unspecified atom stereocenters. The Labute approximate surface area is 213 Å². The molecule has 0 aliphatic carbocycles. The van der Waals surface area contributed by atoms with E-state index in [0.29, 0.717) is 23.2 Å². The average molecular weight is 514 g/mol.